The van der Waals surface area contributed by atoms with Crippen molar-refractivity contribution in [2.24, 2.45) is 5.41 Å². The first-order valence-electron chi connectivity index (χ1n) is 6.55. The van der Waals surface area contributed by atoms with Crippen LogP contribution < -0.4 is 0 Å². The lowest BCUT2D eigenvalue weighted by molar-refractivity contribution is -0.134. The van der Waals surface area contributed by atoms with Gasteiger partial charge in [-0.05, 0) is 39.0 Å². The molecule has 0 spiro atoms. The molecule has 17 heavy (non-hydrogen) atoms. The molecule has 0 fully saturated rings. The molecule has 3 nitrogen and oxygen atoms in total. The van der Waals surface area contributed by atoms with E-state index in [2.05, 4.69) is 20.8 Å². The van der Waals surface area contributed by atoms with Crippen molar-refractivity contribution in [2.45, 2.75) is 66.4 Å². The molecule has 0 aromatic rings. The molecule has 0 bridgehead atoms. The van der Waals surface area contributed by atoms with Gasteiger partial charge in [-0.2, -0.15) is 0 Å². The molecule has 0 aliphatic heterocycles. The van der Waals surface area contributed by atoms with Gasteiger partial charge >= 0.3 is 0 Å². The minimum Gasteiger partial charge on any atom is -0.389 e. The lowest BCUT2D eigenvalue weighted by atomic mass is 9.90. The van der Waals surface area contributed by atoms with Crippen molar-refractivity contribution in [3.63, 3.8) is 0 Å². The Balaban J connectivity index is 4.10. The minimum atomic E-state index is -0.810. The first-order valence-corrected chi connectivity index (χ1v) is 6.55. The highest BCUT2D eigenvalue weighted by atomic mass is 16.3. The third-order valence-corrected chi connectivity index (χ3v) is 2.63. The third-order valence-electron chi connectivity index (χ3n) is 2.63. The molecule has 0 aliphatic carbocycles. The molecule has 0 aromatic heterocycles. The number of hydrogen-bond acceptors (Lipinski definition) is 2. The van der Waals surface area contributed by atoms with Crippen molar-refractivity contribution in [3.05, 3.63) is 0 Å². The standard InChI is InChI=1S/C14H29NO2/c1-7-15(11-14(5,6)17)12(16)9-8-10-13(2,3)4/h17H,7-11H2,1-6H3. The minimum absolute atomic E-state index is 0.152. The first kappa shape index (κ1) is 16.4. The maximum absolute atomic E-state index is 12.0. The van der Waals surface area contributed by atoms with Crippen LogP contribution in [0.3, 0.4) is 0 Å². The van der Waals surface area contributed by atoms with E-state index in [0.29, 0.717) is 19.5 Å². The Kier molecular flexibility index (Phi) is 6.17. The van der Waals surface area contributed by atoms with Crippen LogP contribution in [0.1, 0.15) is 60.8 Å². The molecule has 1 amide bonds. The monoisotopic (exact) mass is 243 g/mol. The number of nitrogens with zero attached hydrogens (tertiary/aromatic N) is 1. The molecule has 0 atom stereocenters. The van der Waals surface area contributed by atoms with Crippen molar-refractivity contribution in [1.29, 1.82) is 0 Å². The summed E-state index contributed by atoms with van der Waals surface area (Å²) in [5.41, 5.74) is -0.525. The van der Waals surface area contributed by atoms with Gasteiger partial charge in [-0.3, -0.25) is 4.79 Å². The summed E-state index contributed by atoms with van der Waals surface area (Å²) in [5.74, 6) is 0.152. The van der Waals surface area contributed by atoms with Gasteiger partial charge in [0.2, 0.25) is 5.91 Å². The van der Waals surface area contributed by atoms with Crippen LogP contribution >= 0.6 is 0 Å². The topological polar surface area (TPSA) is 40.5 Å². The van der Waals surface area contributed by atoms with Crippen LogP contribution in [-0.4, -0.2) is 34.6 Å². The number of carbonyl (C=O) groups is 1. The van der Waals surface area contributed by atoms with Crippen LogP contribution in [0.25, 0.3) is 0 Å². The fourth-order valence-corrected chi connectivity index (χ4v) is 1.77. The van der Waals surface area contributed by atoms with Crippen molar-refractivity contribution in [2.75, 3.05) is 13.1 Å². The second-order valence-electron chi connectivity index (χ2n) is 6.63. The van der Waals surface area contributed by atoms with Crippen molar-refractivity contribution in [3.8, 4) is 0 Å². The maximum Gasteiger partial charge on any atom is 0.222 e. The number of likely N-dealkylation sites (N-methyl/N-ethyl adjacent to an activating group) is 1. The summed E-state index contributed by atoms with van der Waals surface area (Å²) in [7, 11) is 0. The molecule has 0 aliphatic rings. The molecule has 1 N–H and O–H groups in total. The average Bonchev–Trinajstić information content (AvgIpc) is 2.10. The summed E-state index contributed by atoms with van der Waals surface area (Å²) in [6, 6.07) is 0. The zero-order chi connectivity index (χ0) is 13.7. The Morgan fingerprint density at radius 3 is 2.06 bits per heavy atom. The molecule has 0 saturated carbocycles. The Bertz CT molecular complexity index is 236. The van der Waals surface area contributed by atoms with Crippen LogP contribution in [-0.2, 0) is 4.79 Å². The van der Waals surface area contributed by atoms with E-state index in [0.717, 1.165) is 12.8 Å². The molecule has 0 aromatic carbocycles. The number of hydrogen-bond donors (Lipinski definition) is 1. The van der Waals surface area contributed by atoms with Crippen molar-refractivity contribution >= 4 is 5.91 Å². The highest BCUT2D eigenvalue weighted by molar-refractivity contribution is 5.76. The normalized spacial score (nSPS) is 12.6. The molecule has 0 unspecified atom stereocenters. The van der Waals surface area contributed by atoms with E-state index in [1.807, 2.05) is 6.92 Å². The van der Waals surface area contributed by atoms with Crippen LogP contribution in [0, 0.1) is 5.41 Å². The van der Waals surface area contributed by atoms with Gasteiger partial charge in [0.05, 0.1) is 5.60 Å². The SMILES string of the molecule is CCN(CC(C)(C)O)C(=O)CCCC(C)(C)C. The molecule has 3 heteroatoms. The summed E-state index contributed by atoms with van der Waals surface area (Å²) in [4.78, 5) is 13.7. The van der Waals surface area contributed by atoms with Crippen LogP contribution in [0.5, 0.6) is 0 Å². The fraction of sp³-hybridized carbons (Fsp3) is 0.929. The summed E-state index contributed by atoms with van der Waals surface area (Å²) in [6.07, 6.45) is 2.56. The van der Waals surface area contributed by atoms with Gasteiger partial charge in [-0.25, -0.2) is 0 Å². The van der Waals surface area contributed by atoms with Gasteiger partial charge in [-0.1, -0.05) is 20.8 Å². The number of carbonyl (C=O) groups excluding carboxylic acids is 1. The van der Waals surface area contributed by atoms with E-state index in [-0.39, 0.29) is 11.3 Å². The summed E-state index contributed by atoms with van der Waals surface area (Å²) in [6.45, 7) is 13.1. The van der Waals surface area contributed by atoms with Gasteiger partial charge in [0.25, 0.3) is 0 Å². The Morgan fingerprint density at radius 1 is 1.18 bits per heavy atom. The maximum atomic E-state index is 12.0. The summed E-state index contributed by atoms with van der Waals surface area (Å²) >= 11 is 0. The molecular weight excluding hydrogens is 214 g/mol. The van der Waals surface area contributed by atoms with Crippen LogP contribution in [0.4, 0.5) is 0 Å². The predicted octanol–water partition coefficient (Wildman–Crippen LogP) is 2.82. The highest BCUT2D eigenvalue weighted by Gasteiger charge is 2.21. The zero-order valence-corrected chi connectivity index (χ0v) is 12.3. The molecule has 0 saturated heterocycles. The van der Waals surface area contributed by atoms with E-state index in [4.69, 9.17) is 0 Å². The van der Waals surface area contributed by atoms with E-state index in [1.165, 1.54) is 0 Å². The Morgan fingerprint density at radius 2 is 1.71 bits per heavy atom. The van der Waals surface area contributed by atoms with E-state index in [9.17, 15) is 9.90 Å². The predicted molar refractivity (Wildman–Crippen MR) is 71.9 cm³/mol. The van der Waals surface area contributed by atoms with Crippen LogP contribution in [0.2, 0.25) is 0 Å². The number of amides is 1. The Labute approximate surface area is 106 Å². The second-order valence-corrected chi connectivity index (χ2v) is 6.63. The lowest BCUT2D eigenvalue weighted by Gasteiger charge is -2.28. The van der Waals surface area contributed by atoms with Crippen molar-refractivity contribution in [1.82, 2.24) is 4.90 Å². The molecule has 0 heterocycles. The van der Waals surface area contributed by atoms with E-state index < -0.39 is 5.60 Å². The molecule has 0 radical (unpaired) electrons. The van der Waals surface area contributed by atoms with E-state index >= 15 is 0 Å². The molecular formula is C14H29NO2. The largest absolute Gasteiger partial charge is 0.389 e. The van der Waals surface area contributed by atoms with Crippen molar-refractivity contribution < 1.29 is 9.90 Å². The highest BCUT2D eigenvalue weighted by Crippen LogP contribution is 2.22. The average molecular weight is 243 g/mol. The first-order chi connectivity index (χ1) is 7.55. The van der Waals surface area contributed by atoms with Crippen LogP contribution in [0.15, 0.2) is 0 Å². The molecule has 102 valence electrons. The second kappa shape index (κ2) is 6.39. The van der Waals surface area contributed by atoms with Gasteiger partial charge in [0.1, 0.15) is 0 Å². The number of aliphatic hydroxyl groups is 1. The fourth-order valence-electron chi connectivity index (χ4n) is 1.77. The summed E-state index contributed by atoms with van der Waals surface area (Å²) < 4.78 is 0. The van der Waals surface area contributed by atoms with Gasteiger partial charge in [-0.15, -0.1) is 0 Å². The Hall–Kier alpha value is -0.570. The summed E-state index contributed by atoms with van der Waals surface area (Å²) in [5, 5.41) is 9.73. The number of rotatable bonds is 6. The third kappa shape index (κ3) is 9.16. The lowest BCUT2D eigenvalue weighted by Crippen LogP contribution is -2.42. The van der Waals surface area contributed by atoms with Gasteiger partial charge in [0.15, 0.2) is 0 Å². The quantitative estimate of drug-likeness (QED) is 0.779. The molecule has 0 rings (SSSR count). The van der Waals surface area contributed by atoms with E-state index in [1.54, 1.807) is 18.7 Å². The zero-order valence-electron chi connectivity index (χ0n) is 12.3. The smallest absolute Gasteiger partial charge is 0.222 e. The van der Waals surface area contributed by atoms with Gasteiger partial charge < -0.3 is 10.0 Å². The van der Waals surface area contributed by atoms with Gasteiger partial charge in [0, 0.05) is 19.5 Å².